The van der Waals surface area contributed by atoms with Crippen LogP contribution in [-0.2, 0) is 4.79 Å². The van der Waals surface area contributed by atoms with Crippen molar-refractivity contribution in [3.8, 4) is 0 Å². The molecule has 0 unspecified atom stereocenters. The number of oxime groups is 1. The highest BCUT2D eigenvalue weighted by Crippen LogP contribution is 2.20. The van der Waals surface area contributed by atoms with Gasteiger partial charge in [-0.25, -0.2) is 4.63 Å². The Hall–Kier alpha value is -1.32. The lowest BCUT2D eigenvalue weighted by atomic mass is 10.5. The number of nitrogens with one attached hydrogen (secondary N) is 1. The first-order valence-electron chi connectivity index (χ1n) is 4.40. The molecule has 0 spiro atoms. The fourth-order valence-corrected chi connectivity index (χ4v) is 1.74. The molecule has 8 nitrogen and oxygen atoms in total. The van der Waals surface area contributed by atoms with Crippen molar-refractivity contribution in [1.29, 1.82) is 0 Å². The van der Waals surface area contributed by atoms with Crippen molar-refractivity contribution in [3.05, 3.63) is 5.69 Å². The number of aliphatic hydroxyl groups excluding tert-OH is 1. The van der Waals surface area contributed by atoms with Crippen molar-refractivity contribution in [2.75, 3.05) is 18.9 Å². The topological polar surface area (TPSA) is 121 Å². The van der Waals surface area contributed by atoms with E-state index in [1.54, 1.807) is 0 Å². The Kier molecular flexibility index (Phi) is 5.73. The summed E-state index contributed by atoms with van der Waals surface area (Å²) in [6.07, 6.45) is 0. The second-order valence-electron chi connectivity index (χ2n) is 2.67. The van der Waals surface area contributed by atoms with Crippen LogP contribution in [0.5, 0.6) is 0 Å². The van der Waals surface area contributed by atoms with Crippen molar-refractivity contribution in [1.82, 2.24) is 15.6 Å². The van der Waals surface area contributed by atoms with Crippen LogP contribution in [0.15, 0.2) is 14.8 Å². The van der Waals surface area contributed by atoms with E-state index in [0.29, 0.717) is 0 Å². The third-order valence-electron chi connectivity index (χ3n) is 1.52. The molecule has 1 rings (SSSR count). The fourth-order valence-electron chi connectivity index (χ4n) is 0.829. The summed E-state index contributed by atoms with van der Waals surface area (Å²) < 4.78 is 4.41. The van der Waals surface area contributed by atoms with Crippen molar-refractivity contribution >= 4 is 34.4 Å². The molecule has 0 aliphatic carbocycles. The van der Waals surface area contributed by atoms with Gasteiger partial charge in [0.1, 0.15) is 0 Å². The Morgan fingerprint density at radius 3 is 3.00 bits per heavy atom. The Balaban J connectivity index is 2.52. The number of aromatic nitrogens is 2. The predicted molar refractivity (Wildman–Crippen MR) is 59.3 cm³/mol. The second-order valence-corrected chi connectivity index (χ2v) is 3.99. The van der Waals surface area contributed by atoms with Gasteiger partial charge in [-0.05, 0) is 10.3 Å². The average Bonchev–Trinajstić information content (AvgIpc) is 2.81. The summed E-state index contributed by atoms with van der Waals surface area (Å²) in [5.74, 6) is -0.230. The monoisotopic (exact) mass is 280 g/mol. The van der Waals surface area contributed by atoms with Crippen LogP contribution in [0.2, 0.25) is 0 Å². The quantitative estimate of drug-likeness (QED) is 0.282. The van der Waals surface area contributed by atoms with Gasteiger partial charge in [-0.2, -0.15) is 0 Å². The third kappa shape index (κ3) is 4.21. The number of nitrogens with zero attached hydrogens (tertiary/aromatic N) is 3. The van der Waals surface area contributed by atoms with E-state index >= 15 is 0 Å². The number of thioether (sulfide) groups is 1. The van der Waals surface area contributed by atoms with Crippen LogP contribution in [0.1, 0.15) is 5.69 Å². The van der Waals surface area contributed by atoms with Gasteiger partial charge in [0.15, 0.2) is 15.9 Å². The molecule has 94 valence electrons. The maximum atomic E-state index is 11.2. The lowest BCUT2D eigenvalue weighted by Gasteiger charge is -2.00. The van der Waals surface area contributed by atoms with Gasteiger partial charge in [-0.15, -0.1) is 0 Å². The van der Waals surface area contributed by atoms with Crippen LogP contribution in [0.25, 0.3) is 0 Å². The molecule has 1 heterocycles. The molecular formula is C7H9ClN4O4S. The highest BCUT2D eigenvalue weighted by Gasteiger charge is 2.16. The summed E-state index contributed by atoms with van der Waals surface area (Å²) in [5.41, 5.74) is 0.0640. The lowest BCUT2D eigenvalue weighted by Crippen LogP contribution is -2.27. The lowest BCUT2D eigenvalue weighted by molar-refractivity contribution is -0.118. The minimum atomic E-state index is -0.282. The predicted octanol–water partition coefficient (Wildman–Crippen LogP) is -0.355. The van der Waals surface area contributed by atoms with Crippen LogP contribution in [0, 0.1) is 0 Å². The van der Waals surface area contributed by atoms with Crippen molar-refractivity contribution in [2.24, 2.45) is 5.16 Å². The maximum Gasteiger partial charge on any atom is 0.230 e. The largest absolute Gasteiger partial charge is 0.410 e. The summed E-state index contributed by atoms with van der Waals surface area (Å²) in [4.78, 5) is 11.2. The zero-order valence-electron chi connectivity index (χ0n) is 8.46. The number of hydrogen-bond acceptors (Lipinski definition) is 8. The van der Waals surface area contributed by atoms with Crippen molar-refractivity contribution < 1.29 is 19.7 Å². The van der Waals surface area contributed by atoms with Gasteiger partial charge in [0.2, 0.25) is 5.91 Å². The van der Waals surface area contributed by atoms with Gasteiger partial charge in [0, 0.05) is 6.54 Å². The Morgan fingerprint density at radius 1 is 1.59 bits per heavy atom. The Morgan fingerprint density at radius 2 is 2.35 bits per heavy atom. The van der Waals surface area contributed by atoms with Crippen LogP contribution in [0.4, 0.5) is 0 Å². The number of carbonyl (C=O) groups is 1. The summed E-state index contributed by atoms with van der Waals surface area (Å²) >= 11 is 6.55. The molecular weight excluding hydrogens is 272 g/mol. The van der Waals surface area contributed by atoms with E-state index in [4.69, 9.17) is 21.9 Å². The van der Waals surface area contributed by atoms with Gasteiger partial charge in [-0.3, -0.25) is 4.79 Å². The number of halogens is 1. The van der Waals surface area contributed by atoms with E-state index < -0.39 is 0 Å². The van der Waals surface area contributed by atoms with E-state index in [-0.39, 0.29) is 40.7 Å². The zero-order valence-corrected chi connectivity index (χ0v) is 10.0. The number of hydrogen-bond donors (Lipinski definition) is 3. The molecule has 1 amide bonds. The number of rotatable bonds is 6. The number of amides is 1. The van der Waals surface area contributed by atoms with E-state index in [9.17, 15) is 4.79 Å². The molecule has 0 aliphatic heterocycles. The second kappa shape index (κ2) is 7.09. The van der Waals surface area contributed by atoms with Crippen LogP contribution in [-0.4, -0.2) is 50.6 Å². The molecule has 0 atom stereocenters. The first kappa shape index (κ1) is 13.7. The summed E-state index contributed by atoms with van der Waals surface area (Å²) in [6, 6.07) is 0. The summed E-state index contributed by atoms with van der Waals surface area (Å²) in [7, 11) is 0. The molecule has 1 aromatic rings. The van der Waals surface area contributed by atoms with Crippen molar-refractivity contribution in [2.45, 2.75) is 5.03 Å². The first-order chi connectivity index (χ1) is 8.19. The highest BCUT2D eigenvalue weighted by molar-refractivity contribution is 8.00. The molecule has 0 radical (unpaired) electrons. The van der Waals surface area contributed by atoms with Crippen LogP contribution < -0.4 is 5.32 Å². The van der Waals surface area contributed by atoms with Crippen LogP contribution >= 0.6 is 23.4 Å². The molecule has 3 N–H and O–H groups in total. The molecule has 0 saturated heterocycles. The molecule has 0 fully saturated rings. The molecule has 0 aliphatic rings. The van der Waals surface area contributed by atoms with Gasteiger partial charge >= 0.3 is 0 Å². The van der Waals surface area contributed by atoms with E-state index in [1.165, 1.54) is 0 Å². The molecule has 1 aromatic heterocycles. The number of carbonyl (C=O) groups excluding carboxylic acids is 1. The fraction of sp³-hybridized carbons (Fsp3) is 0.429. The maximum absolute atomic E-state index is 11.2. The van der Waals surface area contributed by atoms with E-state index in [1.807, 2.05) is 0 Å². The number of aliphatic hydroxyl groups is 1. The van der Waals surface area contributed by atoms with Crippen LogP contribution in [0.3, 0.4) is 0 Å². The Labute approximate surface area is 105 Å². The van der Waals surface area contributed by atoms with Gasteiger partial charge in [0.25, 0.3) is 0 Å². The van der Waals surface area contributed by atoms with Gasteiger partial charge < -0.3 is 15.6 Å². The minimum Gasteiger partial charge on any atom is -0.410 e. The van der Waals surface area contributed by atoms with E-state index in [2.05, 4.69) is 25.4 Å². The third-order valence-corrected chi connectivity index (χ3v) is 2.72. The van der Waals surface area contributed by atoms with Gasteiger partial charge in [0.05, 0.1) is 12.4 Å². The summed E-state index contributed by atoms with van der Waals surface area (Å²) in [5, 5.41) is 29.1. The summed E-state index contributed by atoms with van der Waals surface area (Å²) in [6.45, 7) is 0.0539. The highest BCUT2D eigenvalue weighted by atomic mass is 35.5. The average molecular weight is 281 g/mol. The molecule has 0 bridgehead atoms. The normalized spacial score (nSPS) is 11.5. The smallest absolute Gasteiger partial charge is 0.230 e. The first-order valence-corrected chi connectivity index (χ1v) is 5.76. The molecule has 0 aromatic carbocycles. The minimum absolute atomic E-state index is 0.0524. The Bertz CT molecular complexity index is 410. The van der Waals surface area contributed by atoms with Gasteiger partial charge in [-0.1, -0.05) is 28.5 Å². The SMILES string of the molecule is O=C(CSc1nonc1/C(Cl)=N/O)NCCO. The molecule has 10 heteroatoms. The van der Waals surface area contributed by atoms with E-state index in [0.717, 1.165) is 11.8 Å². The molecule has 17 heavy (non-hydrogen) atoms. The standard InChI is InChI=1S/C7H9ClN4O4S/c8-6(10-15)5-7(12-16-11-5)17-3-4(14)9-1-2-13/h13,15H,1-3H2,(H,9,14)/b10-6-. The zero-order chi connectivity index (χ0) is 12.7. The molecule has 0 saturated carbocycles. The van der Waals surface area contributed by atoms with Crippen molar-refractivity contribution in [3.63, 3.8) is 0 Å².